The van der Waals surface area contributed by atoms with Gasteiger partial charge >= 0.3 is 6.09 Å². The predicted molar refractivity (Wildman–Crippen MR) is 141 cm³/mol. The lowest BCUT2D eigenvalue weighted by atomic mass is 10.1. The highest BCUT2D eigenvalue weighted by molar-refractivity contribution is 5.91. The van der Waals surface area contributed by atoms with E-state index >= 15 is 0 Å². The Morgan fingerprint density at radius 3 is 2.56 bits per heavy atom. The molecule has 1 aliphatic heterocycles. The van der Waals surface area contributed by atoms with Gasteiger partial charge in [-0.15, -0.1) is 0 Å². The summed E-state index contributed by atoms with van der Waals surface area (Å²) in [5, 5.41) is 5.27. The van der Waals surface area contributed by atoms with Crippen LogP contribution in [0.2, 0.25) is 0 Å². The molecule has 0 unspecified atom stereocenters. The van der Waals surface area contributed by atoms with Crippen LogP contribution in [0, 0.1) is 11.6 Å². The normalized spacial score (nSPS) is 13.4. The first-order chi connectivity index (χ1) is 18.5. The van der Waals surface area contributed by atoms with Gasteiger partial charge in [-0.2, -0.15) is 5.10 Å². The van der Waals surface area contributed by atoms with Crippen molar-refractivity contribution in [2.45, 2.75) is 52.8 Å². The highest BCUT2D eigenvalue weighted by Crippen LogP contribution is 2.29. The molecule has 0 aliphatic carbocycles. The number of ether oxygens (including phenoxy) is 2. The molecule has 0 fully saturated rings. The number of aromatic amines is 1. The fraction of sp³-hybridized carbons (Fsp3) is 0.357. The van der Waals surface area contributed by atoms with Gasteiger partial charge in [0.1, 0.15) is 28.7 Å². The monoisotopic (exact) mass is 537 g/mol. The number of carbonyl (C=O) groups excluding carboxylic acids is 1. The Hall–Kier alpha value is -4.28. The molecular weight excluding hydrogens is 508 g/mol. The molecule has 0 spiro atoms. The lowest BCUT2D eigenvalue weighted by Crippen LogP contribution is -2.42. The summed E-state index contributed by atoms with van der Waals surface area (Å²) in [7, 11) is 0. The van der Waals surface area contributed by atoms with E-state index in [-0.39, 0.29) is 42.4 Å². The lowest BCUT2D eigenvalue weighted by Gasteiger charge is -2.30. The third-order valence-corrected chi connectivity index (χ3v) is 6.34. The Balaban J connectivity index is 1.49. The van der Waals surface area contributed by atoms with Crippen LogP contribution in [-0.2, 0) is 24.2 Å². The summed E-state index contributed by atoms with van der Waals surface area (Å²) in [5.41, 5.74) is 0.762. The lowest BCUT2D eigenvalue weighted by molar-refractivity contribution is 0.0222. The SMILES string of the molecule is CCOc1cc(F)c(Cn2nc(-c3nc4c(c(=O)[nH]3)CN(C(=O)OC(C)(C)C)CC4)c3ccccc32)c(F)c1. The molecule has 2 aromatic carbocycles. The number of halogens is 2. The molecular formula is C28H29F2N5O4. The minimum atomic E-state index is -0.741. The number of para-hydroxylation sites is 1. The van der Waals surface area contributed by atoms with Crippen LogP contribution >= 0.6 is 0 Å². The standard InChI is InChI=1S/C28H29F2N5O4/c1-5-38-16-12-20(29)18(21(30)13-16)15-35-23-9-7-6-8-17(23)24(33-35)25-31-22-10-11-34(14-19(22)26(36)32-25)27(37)39-28(2,3)4/h6-9,12-13H,5,10-11,14-15H2,1-4H3,(H,31,32,36). The van der Waals surface area contributed by atoms with Crippen molar-refractivity contribution in [3.8, 4) is 17.3 Å². The van der Waals surface area contributed by atoms with Crippen molar-refractivity contribution in [1.29, 1.82) is 0 Å². The molecule has 204 valence electrons. The molecule has 11 heteroatoms. The van der Waals surface area contributed by atoms with Crippen LogP contribution < -0.4 is 10.3 Å². The van der Waals surface area contributed by atoms with E-state index in [9.17, 15) is 18.4 Å². The molecule has 2 aromatic heterocycles. The largest absolute Gasteiger partial charge is 0.494 e. The van der Waals surface area contributed by atoms with E-state index in [1.54, 1.807) is 39.8 Å². The number of hydrogen-bond donors (Lipinski definition) is 1. The first-order valence-corrected chi connectivity index (χ1v) is 12.7. The van der Waals surface area contributed by atoms with Gasteiger partial charge < -0.3 is 19.4 Å². The zero-order valence-corrected chi connectivity index (χ0v) is 22.2. The maximum atomic E-state index is 14.8. The smallest absolute Gasteiger partial charge is 0.410 e. The van der Waals surface area contributed by atoms with Crippen LogP contribution in [0.4, 0.5) is 13.6 Å². The first kappa shape index (κ1) is 26.3. The zero-order valence-electron chi connectivity index (χ0n) is 22.2. The summed E-state index contributed by atoms with van der Waals surface area (Å²) < 4.78 is 41.8. The van der Waals surface area contributed by atoms with Gasteiger partial charge in [0.2, 0.25) is 0 Å². The van der Waals surface area contributed by atoms with E-state index in [0.717, 1.165) is 12.1 Å². The number of rotatable bonds is 5. The Morgan fingerprint density at radius 1 is 1.15 bits per heavy atom. The van der Waals surface area contributed by atoms with Crippen LogP contribution in [0.25, 0.3) is 22.4 Å². The topological polar surface area (TPSA) is 102 Å². The number of hydrogen-bond acceptors (Lipinski definition) is 6. The van der Waals surface area contributed by atoms with Gasteiger partial charge in [0.15, 0.2) is 5.82 Å². The third kappa shape index (κ3) is 5.34. The second-order valence-corrected chi connectivity index (χ2v) is 10.3. The quantitative estimate of drug-likeness (QED) is 0.392. The van der Waals surface area contributed by atoms with Crippen molar-refractivity contribution in [2.75, 3.05) is 13.2 Å². The minimum absolute atomic E-state index is 0.0817. The minimum Gasteiger partial charge on any atom is -0.494 e. The summed E-state index contributed by atoms with van der Waals surface area (Å²) in [5.74, 6) is -1.13. The molecule has 1 N–H and O–H groups in total. The third-order valence-electron chi connectivity index (χ3n) is 6.34. The van der Waals surface area contributed by atoms with E-state index in [2.05, 4.69) is 15.1 Å². The highest BCUT2D eigenvalue weighted by Gasteiger charge is 2.29. The van der Waals surface area contributed by atoms with Crippen molar-refractivity contribution >= 4 is 17.0 Å². The van der Waals surface area contributed by atoms with Crippen LogP contribution in [0.3, 0.4) is 0 Å². The summed E-state index contributed by atoms with van der Waals surface area (Å²) in [6.45, 7) is 7.63. The Bertz CT molecular complexity index is 1600. The number of nitrogens with one attached hydrogen (secondary N) is 1. The predicted octanol–water partition coefficient (Wildman–Crippen LogP) is 4.81. The summed E-state index contributed by atoms with van der Waals surface area (Å²) in [4.78, 5) is 34.6. The maximum absolute atomic E-state index is 14.8. The molecule has 0 atom stereocenters. The molecule has 1 aliphatic rings. The van der Waals surface area contributed by atoms with Crippen molar-refractivity contribution in [1.82, 2.24) is 24.6 Å². The molecule has 0 saturated carbocycles. The fourth-order valence-electron chi connectivity index (χ4n) is 4.57. The molecule has 0 saturated heterocycles. The molecule has 3 heterocycles. The van der Waals surface area contributed by atoms with Gasteiger partial charge in [0.05, 0.1) is 36.5 Å². The van der Waals surface area contributed by atoms with E-state index in [1.165, 1.54) is 9.58 Å². The van der Waals surface area contributed by atoms with E-state index in [0.29, 0.717) is 40.8 Å². The van der Waals surface area contributed by atoms with Gasteiger partial charge in [-0.05, 0) is 33.8 Å². The second-order valence-electron chi connectivity index (χ2n) is 10.3. The van der Waals surface area contributed by atoms with Crippen molar-refractivity contribution in [3.63, 3.8) is 0 Å². The van der Waals surface area contributed by atoms with Gasteiger partial charge in [-0.1, -0.05) is 18.2 Å². The number of amides is 1. The van der Waals surface area contributed by atoms with Crippen molar-refractivity contribution in [2.24, 2.45) is 0 Å². The number of aromatic nitrogens is 4. The Kier molecular flexibility index (Phi) is 6.83. The van der Waals surface area contributed by atoms with Gasteiger partial charge in [-0.25, -0.2) is 18.6 Å². The van der Waals surface area contributed by atoms with Crippen LogP contribution in [0.15, 0.2) is 41.2 Å². The molecule has 0 bridgehead atoms. The van der Waals surface area contributed by atoms with Gasteiger partial charge in [-0.3, -0.25) is 9.48 Å². The number of fused-ring (bicyclic) bond motifs is 2. The number of benzene rings is 2. The molecule has 1 amide bonds. The number of carbonyl (C=O) groups is 1. The van der Waals surface area contributed by atoms with Crippen LogP contribution in [0.5, 0.6) is 5.75 Å². The molecule has 5 rings (SSSR count). The Morgan fingerprint density at radius 2 is 1.87 bits per heavy atom. The second kappa shape index (κ2) is 10.1. The van der Waals surface area contributed by atoms with E-state index in [4.69, 9.17) is 9.47 Å². The van der Waals surface area contributed by atoms with Crippen molar-refractivity contribution < 1.29 is 23.0 Å². The zero-order chi connectivity index (χ0) is 27.9. The molecule has 9 nitrogen and oxygen atoms in total. The van der Waals surface area contributed by atoms with Gasteiger partial charge in [0, 0.05) is 36.0 Å². The summed E-state index contributed by atoms with van der Waals surface area (Å²) in [6, 6.07) is 9.50. The van der Waals surface area contributed by atoms with E-state index < -0.39 is 23.3 Å². The molecule has 4 aromatic rings. The van der Waals surface area contributed by atoms with E-state index in [1.807, 2.05) is 12.1 Å². The van der Waals surface area contributed by atoms with Crippen molar-refractivity contribution in [3.05, 3.63) is 75.2 Å². The van der Waals surface area contributed by atoms with Gasteiger partial charge in [0.25, 0.3) is 5.56 Å². The molecule has 0 radical (unpaired) electrons. The average molecular weight is 538 g/mol. The number of H-pyrrole nitrogens is 1. The Labute approximate surface area is 223 Å². The average Bonchev–Trinajstić information content (AvgIpc) is 3.24. The fourth-order valence-corrected chi connectivity index (χ4v) is 4.57. The van der Waals surface area contributed by atoms with Crippen LogP contribution in [0.1, 0.15) is 44.5 Å². The highest BCUT2D eigenvalue weighted by atomic mass is 19.1. The number of nitrogens with zero attached hydrogens (tertiary/aromatic N) is 4. The summed E-state index contributed by atoms with van der Waals surface area (Å²) >= 11 is 0. The summed E-state index contributed by atoms with van der Waals surface area (Å²) in [6.07, 6.45) is -0.123. The van der Waals surface area contributed by atoms with Crippen LogP contribution in [-0.4, -0.2) is 49.5 Å². The molecule has 39 heavy (non-hydrogen) atoms. The maximum Gasteiger partial charge on any atom is 0.410 e. The first-order valence-electron chi connectivity index (χ1n) is 12.7.